The van der Waals surface area contributed by atoms with Gasteiger partial charge in [0.25, 0.3) is 5.91 Å². The molecule has 5 rings (SSSR count). The molecule has 0 radical (unpaired) electrons. The number of amides is 1. The van der Waals surface area contributed by atoms with E-state index in [9.17, 15) is 9.59 Å². The number of hydrazine groups is 2. The standard InChI is InChI=1S/C34H35N5O3/c1-25(34(41)42-24-28-13-7-3-8-14-28)21-31(22-26-17-19-30(20-18-26)29-15-9-4-10-16-29)35-33(40)32-36-37-38-39(32)23-27-11-5-2-6-12-27/h2-20,25,31,37-38H,21-24H2,1H3,(H,35,40)/t25-,31+/m1/s1. The van der Waals surface area contributed by atoms with E-state index in [1.54, 1.807) is 5.01 Å². The highest BCUT2D eigenvalue weighted by Crippen LogP contribution is 2.21. The molecule has 4 aromatic rings. The van der Waals surface area contributed by atoms with E-state index in [4.69, 9.17) is 4.74 Å². The molecule has 1 aliphatic heterocycles. The second-order valence-corrected chi connectivity index (χ2v) is 10.4. The number of nitrogens with one attached hydrogen (secondary N) is 3. The average molecular weight is 562 g/mol. The maximum atomic E-state index is 13.5. The number of rotatable bonds is 12. The van der Waals surface area contributed by atoms with Gasteiger partial charge in [-0.3, -0.25) is 14.6 Å². The van der Waals surface area contributed by atoms with Gasteiger partial charge in [-0.1, -0.05) is 122 Å². The third-order valence-electron chi connectivity index (χ3n) is 7.13. The molecule has 0 saturated heterocycles. The van der Waals surface area contributed by atoms with Gasteiger partial charge in [-0.15, -0.1) is 10.6 Å². The Hall–Kier alpha value is -4.95. The van der Waals surface area contributed by atoms with Gasteiger partial charge in [-0.2, -0.15) is 0 Å². The van der Waals surface area contributed by atoms with Crippen LogP contribution in [-0.2, 0) is 33.9 Å². The molecule has 0 saturated carbocycles. The predicted molar refractivity (Wildman–Crippen MR) is 163 cm³/mol. The van der Waals surface area contributed by atoms with E-state index in [-0.39, 0.29) is 30.4 Å². The molecule has 0 aromatic heterocycles. The summed E-state index contributed by atoms with van der Waals surface area (Å²) >= 11 is 0. The van der Waals surface area contributed by atoms with E-state index < -0.39 is 5.92 Å². The zero-order valence-corrected chi connectivity index (χ0v) is 23.6. The molecular formula is C34H35N5O3. The Labute approximate surface area is 246 Å². The van der Waals surface area contributed by atoms with Gasteiger partial charge in [0.05, 0.1) is 12.5 Å². The van der Waals surface area contributed by atoms with E-state index in [1.807, 2.05) is 85.8 Å². The molecule has 1 amide bonds. The molecule has 1 aliphatic rings. The van der Waals surface area contributed by atoms with Crippen LogP contribution in [0.15, 0.2) is 120 Å². The molecule has 0 spiro atoms. The van der Waals surface area contributed by atoms with Gasteiger partial charge in [-0.05, 0) is 40.7 Å². The van der Waals surface area contributed by atoms with Gasteiger partial charge in [0, 0.05) is 6.04 Å². The number of hydrazone groups is 1. The minimum absolute atomic E-state index is 0.213. The largest absolute Gasteiger partial charge is 0.461 e. The Morgan fingerprint density at radius 2 is 1.38 bits per heavy atom. The zero-order valence-electron chi connectivity index (χ0n) is 23.6. The number of ether oxygens (including phenoxy) is 1. The van der Waals surface area contributed by atoms with Crippen molar-refractivity contribution in [3.05, 3.63) is 132 Å². The fourth-order valence-electron chi connectivity index (χ4n) is 4.89. The number of amidine groups is 1. The Bertz CT molecular complexity index is 1480. The summed E-state index contributed by atoms with van der Waals surface area (Å²) in [4.78, 5) is 26.4. The van der Waals surface area contributed by atoms with Gasteiger partial charge < -0.3 is 10.1 Å². The SMILES string of the molecule is C[C@H](C[C@@H](Cc1ccc(-c2ccccc2)cc1)NC(=O)C1=NNNN1Cc1ccccc1)C(=O)OCc1ccccc1. The first-order valence-corrected chi connectivity index (χ1v) is 14.1. The van der Waals surface area contributed by atoms with Crippen molar-refractivity contribution in [3.8, 4) is 11.1 Å². The Morgan fingerprint density at radius 1 is 0.786 bits per heavy atom. The summed E-state index contributed by atoms with van der Waals surface area (Å²) in [6.45, 7) is 2.50. The summed E-state index contributed by atoms with van der Waals surface area (Å²) in [5, 5.41) is 8.96. The van der Waals surface area contributed by atoms with Crippen LogP contribution in [0.2, 0.25) is 0 Å². The van der Waals surface area contributed by atoms with E-state index >= 15 is 0 Å². The normalized spacial score (nSPS) is 13.9. The number of carbonyl (C=O) groups is 2. The molecule has 0 bridgehead atoms. The maximum absolute atomic E-state index is 13.5. The molecule has 1 heterocycles. The van der Waals surface area contributed by atoms with Crippen LogP contribution < -0.4 is 16.4 Å². The molecular weight excluding hydrogens is 526 g/mol. The van der Waals surface area contributed by atoms with E-state index in [2.05, 4.69) is 57.9 Å². The maximum Gasteiger partial charge on any atom is 0.309 e. The van der Waals surface area contributed by atoms with Crippen LogP contribution in [0.3, 0.4) is 0 Å². The van der Waals surface area contributed by atoms with Crippen LogP contribution in [0.4, 0.5) is 0 Å². The number of esters is 1. The second-order valence-electron chi connectivity index (χ2n) is 10.4. The van der Waals surface area contributed by atoms with E-state index in [0.717, 1.165) is 27.8 Å². The number of carbonyl (C=O) groups excluding carboxylic acids is 2. The molecule has 0 unspecified atom stereocenters. The topological polar surface area (TPSA) is 95.1 Å². The van der Waals surface area contributed by atoms with Gasteiger partial charge in [-0.25, -0.2) is 5.53 Å². The molecule has 42 heavy (non-hydrogen) atoms. The third kappa shape index (κ3) is 7.83. The highest BCUT2D eigenvalue weighted by molar-refractivity contribution is 6.37. The van der Waals surface area contributed by atoms with Gasteiger partial charge in [0.15, 0.2) is 0 Å². The molecule has 2 atom stereocenters. The van der Waals surface area contributed by atoms with E-state index in [1.165, 1.54) is 0 Å². The number of hydrogen-bond donors (Lipinski definition) is 3. The monoisotopic (exact) mass is 561 g/mol. The van der Waals surface area contributed by atoms with E-state index in [0.29, 0.717) is 19.4 Å². The van der Waals surface area contributed by atoms with Gasteiger partial charge in [0.1, 0.15) is 6.61 Å². The van der Waals surface area contributed by atoms with Crippen LogP contribution in [0, 0.1) is 5.92 Å². The van der Waals surface area contributed by atoms with Crippen LogP contribution in [-0.4, -0.2) is 28.8 Å². The minimum Gasteiger partial charge on any atom is -0.461 e. The molecule has 0 aliphatic carbocycles. The summed E-state index contributed by atoms with van der Waals surface area (Å²) in [6, 6.07) is 37.6. The number of nitrogens with zero attached hydrogens (tertiary/aromatic N) is 2. The van der Waals surface area contributed by atoms with Crippen molar-refractivity contribution >= 4 is 17.7 Å². The number of benzene rings is 4. The van der Waals surface area contributed by atoms with Crippen molar-refractivity contribution in [2.75, 3.05) is 0 Å². The summed E-state index contributed by atoms with van der Waals surface area (Å²) in [5.74, 6) is -0.837. The summed E-state index contributed by atoms with van der Waals surface area (Å²) in [7, 11) is 0. The van der Waals surface area contributed by atoms with Crippen molar-refractivity contribution in [3.63, 3.8) is 0 Å². The van der Waals surface area contributed by atoms with Crippen molar-refractivity contribution in [1.82, 2.24) is 21.4 Å². The van der Waals surface area contributed by atoms with Crippen LogP contribution >= 0.6 is 0 Å². The summed E-state index contributed by atoms with van der Waals surface area (Å²) in [6.07, 6.45) is 0.955. The average Bonchev–Trinajstić information content (AvgIpc) is 3.50. The fraction of sp³-hybridized carbons (Fsp3) is 0.206. The quantitative estimate of drug-likeness (QED) is 0.211. The first-order chi connectivity index (χ1) is 20.5. The highest BCUT2D eigenvalue weighted by atomic mass is 16.5. The van der Waals surface area contributed by atoms with Gasteiger partial charge >= 0.3 is 5.97 Å². The van der Waals surface area contributed by atoms with Crippen molar-refractivity contribution < 1.29 is 14.3 Å². The smallest absolute Gasteiger partial charge is 0.309 e. The van der Waals surface area contributed by atoms with Crippen molar-refractivity contribution in [2.24, 2.45) is 11.0 Å². The van der Waals surface area contributed by atoms with Crippen molar-refractivity contribution in [1.29, 1.82) is 0 Å². The first kappa shape index (κ1) is 28.6. The van der Waals surface area contributed by atoms with Crippen molar-refractivity contribution in [2.45, 2.75) is 39.0 Å². The van der Waals surface area contributed by atoms with Gasteiger partial charge in [0.2, 0.25) is 5.84 Å². The zero-order chi connectivity index (χ0) is 29.1. The Balaban J connectivity index is 1.27. The summed E-state index contributed by atoms with van der Waals surface area (Å²) in [5.41, 5.74) is 10.9. The number of hydrogen-bond acceptors (Lipinski definition) is 7. The van der Waals surface area contributed by atoms with Crippen LogP contribution in [0.1, 0.15) is 30.0 Å². The summed E-state index contributed by atoms with van der Waals surface area (Å²) < 4.78 is 5.59. The Morgan fingerprint density at radius 3 is 2.05 bits per heavy atom. The lowest BCUT2D eigenvalue weighted by molar-refractivity contribution is -0.149. The Kier molecular flexibility index (Phi) is 9.59. The molecule has 8 nitrogen and oxygen atoms in total. The molecule has 214 valence electrons. The fourth-order valence-corrected chi connectivity index (χ4v) is 4.89. The van der Waals surface area contributed by atoms with Crippen LogP contribution in [0.25, 0.3) is 11.1 Å². The molecule has 0 fully saturated rings. The lowest BCUT2D eigenvalue weighted by Gasteiger charge is -2.24. The molecule has 8 heteroatoms. The lowest BCUT2D eigenvalue weighted by Crippen LogP contribution is -2.49. The third-order valence-corrected chi connectivity index (χ3v) is 7.13. The van der Waals surface area contributed by atoms with Crippen LogP contribution in [0.5, 0.6) is 0 Å². The lowest BCUT2D eigenvalue weighted by atomic mass is 9.94. The first-order valence-electron chi connectivity index (χ1n) is 14.1. The highest BCUT2D eigenvalue weighted by Gasteiger charge is 2.28. The second kappa shape index (κ2) is 14.1. The molecule has 3 N–H and O–H groups in total. The minimum atomic E-state index is -0.426. The predicted octanol–water partition coefficient (Wildman–Crippen LogP) is 4.99. The molecule has 4 aromatic carbocycles.